The van der Waals surface area contributed by atoms with Crippen LogP contribution in [0.5, 0.6) is 0 Å². The van der Waals surface area contributed by atoms with Crippen molar-refractivity contribution in [2.45, 2.75) is 25.4 Å². The van der Waals surface area contributed by atoms with Crippen LogP contribution >= 0.6 is 0 Å². The summed E-state index contributed by atoms with van der Waals surface area (Å²) >= 11 is 0. The molecule has 0 aromatic heterocycles. The number of carbonyl (C=O) groups is 1. The number of carbonyl (C=O) groups excluding carboxylic acids is 1. The van der Waals surface area contributed by atoms with Gasteiger partial charge in [0.1, 0.15) is 6.61 Å². The molecule has 1 heterocycles. The Hall–Kier alpha value is -1.63. The van der Waals surface area contributed by atoms with E-state index < -0.39 is 0 Å². The van der Waals surface area contributed by atoms with Gasteiger partial charge in [-0.05, 0) is 44.5 Å². The van der Waals surface area contributed by atoms with E-state index in [-0.39, 0.29) is 6.10 Å². The van der Waals surface area contributed by atoms with E-state index in [1.807, 2.05) is 42.3 Å². The van der Waals surface area contributed by atoms with E-state index in [4.69, 9.17) is 5.73 Å². The van der Waals surface area contributed by atoms with Crippen LogP contribution in [0.4, 0.5) is 5.69 Å². The molecule has 0 atom stereocenters. The lowest BCUT2D eigenvalue weighted by Crippen LogP contribution is -2.36. The molecule has 3 N–H and O–H groups in total. The number of anilines is 1. The van der Waals surface area contributed by atoms with Crippen LogP contribution in [0.2, 0.25) is 0 Å². The largest absolute Gasteiger partial charge is 0.466 e. The number of benzene rings is 1. The van der Waals surface area contributed by atoms with Crippen molar-refractivity contribution in [3.63, 3.8) is 0 Å². The molecule has 6 nitrogen and oxygen atoms in total. The first-order valence-electron chi connectivity index (χ1n) is 8.59. The Morgan fingerprint density at radius 2 is 2.00 bits per heavy atom. The van der Waals surface area contributed by atoms with Gasteiger partial charge in [-0.2, -0.15) is 0 Å². The zero-order chi connectivity index (χ0) is 17.6. The van der Waals surface area contributed by atoms with Crippen molar-refractivity contribution in [1.82, 2.24) is 4.90 Å². The number of hydrogen-bond acceptors (Lipinski definition) is 6. The number of rotatable bonds is 8. The van der Waals surface area contributed by atoms with Crippen LogP contribution in [0.3, 0.4) is 0 Å². The smallest absolute Gasteiger partial charge is 0.293 e. The minimum Gasteiger partial charge on any atom is -0.466 e. The van der Waals surface area contributed by atoms with Gasteiger partial charge < -0.3 is 25.4 Å². The molecule has 0 amide bonds. The van der Waals surface area contributed by atoms with Gasteiger partial charge in [0.05, 0.1) is 12.6 Å². The molecule has 1 saturated heterocycles. The number of nitrogens with zero attached hydrogens (tertiary/aromatic N) is 2. The van der Waals surface area contributed by atoms with E-state index in [1.165, 1.54) is 0 Å². The molecule has 1 fully saturated rings. The van der Waals surface area contributed by atoms with Crippen LogP contribution in [0.15, 0.2) is 30.3 Å². The maximum Gasteiger partial charge on any atom is 0.293 e. The van der Waals surface area contributed by atoms with Crippen LogP contribution in [-0.4, -0.2) is 69.0 Å². The summed E-state index contributed by atoms with van der Waals surface area (Å²) in [5.41, 5.74) is 6.52. The summed E-state index contributed by atoms with van der Waals surface area (Å²) in [6, 6.07) is 9.96. The Bertz CT molecular complexity index is 420. The van der Waals surface area contributed by atoms with Gasteiger partial charge in [-0.1, -0.05) is 18.2 Å². The Labute approximate surface area is 145 Å². The summed E-state index contributed by atoms with van der Waals surface area (Å²) in [5, 5.41) is 9.20. The van der Waals surface area contributed by atoms with E-state index >= 15 is 0 Å². The summed E-state index contributed by atoms with van der Waals surface area (Å²) in [6.07, 6.45) is 2.90. The van der Waals surface area contributed by atoms with Crippen molar-refractivity contribution in [2.24, 2.45) is 5.73 Å². The van der Waals surface area contributed by atoms with Gasteiger partial charge in [-0.15, -0.1) is 0 Å². The molecule has 136 valence electrons. The van der Waals surface area contributed by atoms with Gasteiger partial charge in [0.15, 0.2) is 0 Å². The molecule has 24 heavy (non-hydrogen) atoms. The van der Waals surface area contributed by atoms with Crippen LogP contribution in [0, 0.1) is 0 Å². The van der Waals surface area contributed by atoms with Gasteiger partial charge >= 0.3 is 0 Å². The molecule has 0 radical (unpaired) electrons. The molecule has 6 heteroatoms. The molecular formula is C18H31N3O3. The maximum atomic E-state index is 9.88. The highest BCUT2D eigenvalue weighted by Gasteiger charge is 2.15. The average Bonchev–Trinajstić information content (AvgIpc) is 2.63. The summed E-state index contributed by atoms with van der Waals surface area (Å²) in [6.45, 7) is 5.57. The van der Waals surface area contributed by atoms with Crippen LogP contribution < -0.4 is 10.6 Å². The van der Waals surface area contributed by atoms with Gasteiger partial charge in [0, 0.05) is 25.8 Å². The number of ether oxygens (including phenoxy) is 1. The Kier molecular flexibility index (Phi) is 10.8. The molecule has 0 spiro atoms. The van der Waals surface area contributed by atoms with E-state index in [0.29, 0.717) is 19.6 Å². The SMILES string of the molecule is CN(CCOC=O)c1ccccc1.NCCCN1CCC(O)CC1. The zero-order valence-electron chi connectivity index (χ0n) is 14.6. The van der Waals surface area contributed by atoms with Gasteiger partial charge in [-0.3, -0.25) is 4.79 Å². The van der Waals surface area contributed by atoms with Crippen molar-refractivity contribution in [3.05, 3.63) is 30.3 Å². The number of likely N-dealkylation sites (N-methyl/N-ethyl adjacent to an activating group) is 1. The van der Waals surface area contributed by atoms with Crippen molar-refractivity contribution in [3.8, 4) is 0 Å². The van der Waals surface area contributed by atoms with E-state index in [0.717, 1.165) is 51.1 Å². The van der Waals surface area contributed by atoms with Crippen LogP contribution in [-0.2, 0) is 9.53 Å². The third kappa shape index (κ3) is 8.86. The number of hydrogen-bond donors (Lipinski definition) is 2. The van der Waals surface area contributed by atoms with Crippen LogP contribution in [0.1, 0.15) is 19.3 Å². The number of nitrogens with two attached hydrogens (primary N) is 1. The highest BCUT2D eigenvalue weighted by molar-refractivity contribution is 5.45. The van der Waals surface area contributed by atoms with Gasteiger partial charge in [0.25, 0.3) is 6.47 Å². The van der Waals surface area contributed by atoms with Gasteiger partial charge in [-0.25, -0.2) is 0 Å². The first-order valence-corrected chi connectivity index (χ1v) is 8.59. The summed E-state index contributed by atoms with van der Waals surface area (Å²) in [5.74, 6) is 0. The number of piperidine rings is 1. The van der Waals surface area contributed by atoms with Crippen molar-refractivity contribution in [2.75, 3.05) is 51.3 Å². The molecular weight excluding hydrogens is 306 g/mol. The van der Waals surface area contributed by atoms with E-state index in [2.05, 4.69) is 9.64 Å². The average molecular weight is 337 g/mol. The predicted octanol–water partition coefficient (Wildman–Crippen LogP) is 1.09. The van der Waals surface area contributed by atoms with Gasteiger partial charge in [0.2, 0.25) is 0 Å². The Morgan fingerprint density at radius 3 is 2.58 bits per heavy atom. The van der Waals surface area contributed by atoms with Crippen molar-refractivity contribution >= 4 is 12.2 Å². The quantitative estimate of drug-likeness (QED) is 0.546. The molecule has 2 rings (SSSR count). The Morgan fingerprint density at radius 1 is 1.33 bits per heavy atom. The lowest BCUT2D eigenvalue weighted by molar-refractivity contribution is -0.128. The first-order chi connectivity index (χ1) is 11.7. The lowest BCUT2D eigenvalue weighted by Gasteiger charge is -2.29. The second kappa shape index (κ2) is 12.8. The summed E-state index contributed by atoms with van der Waals surface area (Å²) in [7, 11) is 1.96. The topological polar surface area (TPSA) is 79.0 Å². The number of aliphatic hydroxyl groups is 1. The molecule has 1 aromatic carbocycles. The predicted molar refractivity (Wildman–Crippen MR) is 97.1 cm³/mol. The molecule has 0 unspecified atom stereocenters. The van der Waals surface area contributed by atoms with Crippen molar-refractivity contribution < 1.29 is 14.6 Å². The molecule has 0 saturated carbocycles. The minimum atomic E-state index is -0.0517. The molecule has 0 bridgehead atoms. The normalized spacial score (nSPS) is 15.3. The fourth-order valence-electron chi connectivity index (χ4n) is 2.51. The summed E-state index contributed by atoms with van der Waals surface area (Å²) < 4.78 is 4.60. The number of aliphatic hydroxyl groups excluding tert-OH is 1. The third-order valence-electron chi connectivity index (χ3n) is 4.05. The zero-order valence-corrected chi connectivity index (χ0v) is 14.6. The maximum absolute atomic E-state index is 9.88. The molecule has 1 aliphatic rings. The number of para-hydroxylation sites is 1. The standard InChI is InChI=1S/C10H13NO2.C8H18N2O/c1-11(7-8-13-9-12)10-5-3-2-4-6-10;9-4-1-5-10-6-2-8(11)3-7-10/h2-6,9H,7-8H2,1H3;8,11H,1-7,9H2. The minimum absolute atomic E-state index is 0.0517. The fraction of sp³-hybridized carbons (Fsp3) is 0.611. The lowest BCUT2D eigenvalue weighted by atomic mass is 10.1. The first kappa shape index (κ1) is 20.4. The fourth-order valence-corrected chi connectivity index (χ4v) is 2.51. The molecule has 1 aliphatic heterocycles. The van der Waals surface area contributed by atoms with Crippen molar-refractivity contribution in [1.29, 1.82) is 0 Å². The summed E-state index contributed by atoms with van der Waals surface area (Å²) in [4.78, 5) is 14.3. The monoisotopic (exact) mass is 337 g/mol. The highest BCUT2D eigenvalue weighted by atomic mass is 16.5. The molecule has 1 aromatic rings. The Balaban J connectivity index is 0.000000243. The highest BCUT2D eigenvalue weighted by Crippen LogP contribution is 2.10. The van der Waals surface area contributed by atoms with Crippen LogP contribution in [0.25, 0.3) is 0 Å². The van der Waals surface area contributed by atoms with E-state index in [9.17, 15) is 9.90 Å². The number of likely N-dealkylation sites (tertiary alicyclic amines) is 1. The second-order valence-corrected chi connectivity index (χ2v) is 5.94. The molecule has 0 aliphatic carbocycles. The second-order valence-electron chi connectivity index (χ2n) is 5.94. The van der Waals surface area contributed by atoms with E-state index in [1.54, 1.807) is 0 Å². The third-order valence-corrected chi connectivity index (χ3v) is 4.05.